The summed E-state index contributed by atoms with van der Waals surface area (Å²) in [6, 6.07) is 4.52. The van der Waals surface area contributed by atoms with Gasteiger partial charge in [-0.15, -0.1) is 0 Å². The maximum Gasteiger partial charge on any atom is 0.134 e. The lowest BCUT2D eigenvalue weighted by Crippen LogP contribution is -2.17. The first-order valence-electron chi connectivity index (χ1n) is 6.76. The van der Waals surface area contributed by atoms with Gasteiger partial charge in [-0.05, 0) is 50.3 Å². The molecule has 1 atom stereocenters. The zero-order valence-corrected chi connectivity index (χ0v) is 12.4. The first kappa shape index (κ1) is 13.7. The third-order valence-corrected chi connectivity index (χ3v) is 5.07. The fourth-order valence-electron chi connectivity index (χ4n) is 2.77. The van der Waals surface area contributed by atoms with E-state index in [1.165, 1.54) is 28.7 Å². The Morgan fingerprint density at radius 3 is 2.50 bits per heavy atom. The van der Waals surface area contributed by atoms with E-state index in [-0.39, 0.29) is 0 Å². The van der Waals surface area contributed by atoms with E-state index in [0.29, 0.717) is 11.0 Å². The Hall–Kier alpha value is -0.760. The zero-order chi connectivity index (χ0) is 13.1. The van der Waals surface area contributed by atoms with E-state index in [2.05, 4.69) is 32.9 Å². The van der Waals surface area contributed by atoms with E-state index in [1.807, 2.05) is 11.8 Å². The van der Waals surface area contributed by atoms with Crippen molar-refractivity contribution in [1.29, 1.82) is 0 Å². The van der Waals surface area contributed by atoms with Crippen molar-refractivity contribution in [1.82, 2.24) is 0 Å². The molecular formula is C16H22OS. The number of carbonyl (C=O) groups is 1. The fourth-order valence-corrected chi connectivity index (χ4v) is 4.26. The Morgan fingerprint density at radius 1 is 1.22 bits per heavy atom. The van der Waals surface area contributed by atoms with Crippen molar-refractivity contribution in [3.63, 3.8) is 0 Å². The third-order valence-electron chi connectivity index (χ3n) is 3.74. The van der Waals surface area contributed by atoms with E-state index in [0.717, 1.165) is 25.0 Å². The molecule has 0 heterocycles. The lowest BCUT2D eigenvalue weighted by Gasteiger charge is -2.21. The second-order valence-corrected chi connectivity index (χ2v) is 6.73. The van der Waals surface area contributed by atoms with Crippen molar-refractivity contribution in [2.45, 2.75) is 57.5 Å². The summed E-state index contributed by atoms with van der Waals surface area (Å²) in [5, 5.41) is 0.548. The molecule has 0 amide bonds. The van der Waals surface area contributed by atoms with Crippen LogP contribution in [0.3, 0.4) is 0 Å². The van der Waals surface area contributed by atoms with E-state index in [1.54, 1.807) is 0 Å². The Morgan fingerprint density at radius 2 is 1.89 bits per heavy atom. The van der Waals surface area contributed by atoms with Crippen LogP contribution in [-0.4, -0.2) is 11.0 Å². The van der Waals surface area contributed by atoms with Crippen LogP contribution in [0.15, 0.2) is 12.1 Å². The summed E-state index contributed by atoms with van der Waals surface area (Å²) in [5.74, 6) is 1.51. The van der Waals surface area contributed by atoms with Crippen LogP contribution in [-0.2, 0) is 10.5 Å². The number of benzene rings is 1. The predicted octanol–water partition coefficient (Wildman–Crippen LogP) is 4.36. The van der Waals surface area contributed by atoms with Gasteiger partial charge in [0.05, 0.1) is 0 Å². The van der Waals surface area contributed by atoms with Gasteiger partial charge >= 0.3 is 0 Å². The monoisotopic (exact) mass is 262 g/mol. The van der Waals surface area contributed by atoms with Crippen LogP contribution in [0.5, 0.6) is 0 Å². The predicted molar refractivity (Wildman–Crippen MR) is 79.2 cm³/mol. The lowest BCUT2D eigenvalue weighted by atomic mass is 9.99. The lowest BCUT2D eigenvalue weighted by molar-refractivity contribution is -0.120. The molecule has 1 aliphatic rings. The molecule has 0 N–H and O–H groups in total. The average molecular weight is 262 g/mol. The van der Waals surface area contributed by atoms with Crippen LogP contribution in [0.4, 0.5) is 0 Å². The molecule has 0 radical (unpaired) electrons. The number of ketones is 1. The average Bonchev–Trinajstić information content (AvgIpc) is 2.27. The number of hydrogen-bond donors (Lipinski definition) is 0. The maximum absolute atomic E-state index is 11.4. The second kappa shape index (κ2) is 5.92. The summed E-state index contributed by atoms with van der Waals surface area (Å²) in [6.45, 7) is 6.54. The highest BCUT2D eigenvalue weighted by Crippen LogP contribution is 2.31. The van der Waals surface area contributed by atoms with Crippen LogP contribution >= 0.6 is 11.8 Å². The number of Topliss-reactive ketones (excluding diaryl/α,β-unsaturated/α-hetero) is 1. The van der Waals surface area contributed by atoms with E-state index >= 15 is 0 Å². The number of aryl methyl sites for hydroxylation is 3. The largest absolute Gasteiger partial charge is 0.300 e. The normalized spacial score (nSPS) is 20.2. The summed E-state index contributed by atoms with van der Waals surface area (Å²) in [5.41, 5.74) is 5.58. The van der Waals surface area contributed by atoms with E-state index < -0.39 is 0 Å². The molecule has 0 unspecified atom stereocenters. The van der Waals surface area contributed by atoms with Gasteiger partial charge in [-0.1, -0.05) is 17.7 Å². The quantitative estimate of drug-likeness (QED) is 0.805. The van der Waals surface area contributed by atoms with Crippen LogP contribution in [0.2, 0.25) is 0 Å². The summed E-state index contributed by atoms with van der Waals surface area (Å²) in [4.78, 5) is 11.4. The standard InChI is InChI=1S/C16H22OS/c1-11-7-12(2)16(13(3)8-11)10-18-15-6-4-5-14(17)9-15/h7-8,15H,4-6,9-10H2,1-3H3/t15-/m1/s1. The molecule has 98 valence electrons. The molecule has 0 spiro atoms. The Labute approximate surface area is 114 Å². The van der Waals surface area contributed by atoms with Gasteiger partial charge in [-0.3, -0.25) is 4.79 Å². The third kappa shape index (κ3) is 3.38. The topological polar surface area (TPSA) is 17.1 Å². The molecule has 0 aromatic heterocycles. The van der Waals surface area contributed by atoms with Crippen LogP contribution < -0.4 is 0 Å². The second-order valence-electron chi connectivity index (χ2n) is 5.45. The molecule has 0 saturated heterocycles. The minimum absolute atomic E-state index is 0.455. The van der Waals surface area contributed by atoms with Gasteiger partial charge < -0.3 is 0 Å². The van der Waals surface area contributed by atoms with E-state index in [9.17, 15) is 4.79 Å². The highest BCUT2D eigenvalue weighted by atomic mass is 32.2. The molecule has 1 aromatic rings. The van der Waals surface area contributed by atoms with Crippen molar-refractivity contribution < 1.29 is 4.79 Å². The van der Waals surface area contributed by atoms with Crippen molar-refractivity contribution in [2.75, 3.05) is 0 Å². The van der Waals surface area contributed by atoms with Crippen molar-refractivity contribution >= 4 is 17.5 Å². The fraction of sp³-hybridized carbons (Fsp3) is 0.562. The van der Waals surface area contributed by atoms with Crippen molar-refractivity contribution in [3.8, 4) is 0 Å². The Balaban J connectivity index is 1.99. The molecule has 1 nitrogen and oxygen atoms in total. The first-order chi connectivity index (χ1) is 8.56. The molecule has 1 aromatic carbocycles. The highest BCUT2D eigenvalue weighted by molar-refractivity contribution is 7.99. The molecule has 0 aliphatic heterocycles. The van der Waals surface area contributed by atoms with Crippen LogP contribution in [0.25, 0.3) is 0 Å². The number of hydrogen-bond acceptors (Lipinski definition) is 2. The minimum atomic E-state index is 0.455. The molecule has 18 heavy (non-hydrogen) atoms. The van der Waals surface area contributed by atoms with Gasteiger partial charge in [0.2, 0.25) is 0 Å². The minimum Gasteiger partial charge on any atom is -0.300 e. The number of thioether (sulfide) groups is 1. The molecule has 1 saturated carbocycles. The summed E-state index contributed by atoms with van der Waals surface area (Å²) < 4.78 is 0. The van der Waals surface area contributed by atoms with Gasteiger partial charge in [0.1, 0.15) is 5.78 Å². The molecule has 2 heteroatoms. The summed E-state index contributed by atoms with van der Waals surface area (Å²) >= 11 is 1.97. The van der Waals surface area contributed by atoms with Gasteiger partial charge in [-0.25, -0.2) is 0 Å². The molecule has 1 fully saturated rings. The Kier molecular flexibility index (Phi) is 4.50. The molecule has 2 rings (SSSR count). The molecular weight excluding hydrogens is 240 g/mol. The highest BCUT2D eigenvalue weighted by Gasteiger charge is 2.20. The number of rotatable bonds is 3. The summed E-state index contributed by atoms with van der Waals surface area (Å²) in [7, 11) is 0. The maximum atomic E-state index is 11.4. The molecule has 1 aliphatic carbocycles. The van der Waals surface area contributed by atoms with Crippen LogP contribution in [0, 0.1) is 20.8 Å². The molecule has 0 bridgehead atoms. The summed E-state index contributed by atoms with van der Waals surface area (Å²) in [6.07, 6.45) is 3.89. The van der Waals surface area contributed by atoms with E-state index in [4.69, 9.17) is 0 Å². The zero-order valence-electron chi connectivity index (χ0n) is 11.6. The smallest absolute Gasteiger partial charge is 0.134 e. The van der Waals surface area contributed by atoms with Gasteiger partial charge in [0, 0.05) is 23.8 Å². The van der Waals surface area contributed by atoms with Gasteiger partial charge in [0.25, 0.3) is 0 Å². The van der Waals surface area contributed by atoms with Gasteiger partial charge in [-0.2, -0.15) is 11.8 Å². The van der Waals surface area contributed by atoms with Gasteiger partial charge in [0.15, 0.2) is 0 Å². The van der Waals surface area contributed by atoms with Crippen LogP contribution in [0.1, 0.15) is 47.9 Å². The van der Waals surface area contributed by atoms with Crippen molar-refractivity contribution in [2.24, 2.45) is 0 Å². The number of carbonyl (C=O) groups excluding carboxylic acids is 1. The van der Waals surface area contributed by atoms with Crippen molar-refractivity contribution in [3.05, 3.63) is 34.4 Å². The SMILES string of the molecule is Cc1cc(C)c(CS[C@@H]2CCCC(=O)C2)c(C)c1. The first-order valence-corrected chi connectivity index (χ1v) is 7.81. The Bertz CT molecular complexity index is 427.